The Hall–Kier alpha value is -1.27. The second kappa shape index (κ2) is 8.39. The van der Waals surface area contributed by atoms with Gasteiger partial charge in [-0.2, -0.15) is 0 Å². The van der Waals surface area contributed by atoms with Crippen LogP contribution in [-0.4, -0.2) is 42.6 Å². The molecule has 0 amide bonds. The van der Waals surface area contributed by atoms with E-state index in [0.29, 0.717) is 36.1 Å². The van der Waals surface area contributed by atoms with Crippen LogP contribution in [0, 0.1) is 0 Å². The third kappa shape index (κ3) is 5.18. The van der Waals surface area contributed by atoms with Crippen molar-refractivity contribution in [2.24, 2.45) is 0 Å². The van der Waals surface area contributed by atoms with Gasteiger partial charge < -0.3 is 19.5 Å². The van der Waals surface area contributed by atoms with Crippen LogP contribution in [0.25, 0.3) is 0 Å². The first kappa shape index (κ1) is 18.8. The molecule has 0 fully saturated rings. The van der Waals surface area contributed by atoms with E-state index in [1.54, 1.807) is 21.3 Å². The largest absolute Gasteiger partial charge is 0.493 e. The second-order valence-electron chi connectivity index (χ2n) is 5.87. The molecule has 0 aromatic heterocycles. The molecule has 1 aromatic rings. The Morgan fingerprint density at radius 2 is 1.59 bits per heavy atom. The van der Waals surface area contributed by atoms with Gasteiger partial charge in [-0.3, -0.25) is 4.21 Å². The minimum atomic E-state index is -0.844. The highest BCUT2D eigenvalue weighted by Gasteiger charge is 2.18. The Balaban J connectivity index is 2.65. The third-order valence-corrected chi connectivity index (χ3v) is 5.14. The number of nitrogens with one attached hydrogen (secondary N) is 1. The van der Waals surface area contributed by atoms with Gasteiger partial charge in [-0.15, -0.1) is 0 Å². The molecular weight excluding hydrogens is 302 g/mol. The van der Waals surface area contributed by atoms with Gasteiger partial charge in [-0.05, 0) is 38.5 Å². The van der Waals surface area contributed by atoms with Crippen LogP contribution in [-0.2, 0) is 17.3 Å². The zero-order valence-electron chi connectivity index (χ0n) is 14.3. The maximum atomic E-state index is 12.0. The number of benzene rings is 1. The Kier molecular flexibility index (Phi) is 7.16. The van der Waals surface area contributed by atoms with Crippen molar-refractivity contribution in [1.82, 2.24) is 5.32 Å². The molecule has 22 heavy (non-hydrogen) atoms. The van der Waals surface area contributed by atoms with E-state index >= 15 is 0 Å². The van der Waals surface area contributed by atoms with Crippen molar-refractivity contribution in [3.05, 3.63) is 17.7 Å². The predicted molar refractivity (Wildman–Crippen MR) is 90.6 cm³/mol. The summed E-state index contributed by atoms with van der Waals surface area (Å²) in [5.74, 6) is 2.49. The summed E-state index contributed by atoms with van der Waals surface area (Å²) in [7, 11) is 3.94. The van der Waals surface area contributed by atoms with Gasteiger partial charge >= 0.3 is 0 Å². The van der Waals surface area contributed by atoms with Crippen molar-refractivity contribution in [2.45, 2.75) is 32.1 Å². The molecule has 6 heteroatoms. The summed E-state index contributed by atoms with van der Waals surface area (Å²) in [5.41, 5.74) is 1.02. The zero-order valence-corrected chi connectivity index (χ0v) is 15.1. The third-order valence-electron chi connectivity index (χ3n) is 3.20. The average Bonchev–Trinajstić information content (AvgIpc) is 2.49. The van der Waals surface area contributed by atoms with Gasteiger partial charge in [0.1, 0.15) is 0 Å². The fourth-order valence-corrected chi connectivity index (χ4v) is 2.88. The highest BCUT2D eigenvalue weighted by Crippen LogP contribution is 2.38. The summed E-state index contributed by atoms with van der Waals surface area (Å²) < 4.78 is 27.8. The molecule has 0 saturated heterocycles. The van der Waals surface area contributed by atoms with Crippen molar-refractivity contribution < 1.29 is 18.4 Å². The number of ether oxygens (including phenoxy) is 3. The molecule has 1 atom stereocenters. The van der Waals surface area contributed by atoms with Crippen LogP contribution in [0.15, 0.2) is 12.1 Å². The summed E-state index contributed by atoms with van der Waals surface area (Å²) >= 11 is 0. The molecule has 0 aliphatic rings. The molecular formula is C16H27NO4S. The van der Waals surface area contributed by atoms with Gasteiger partial charge in [0.2, 0.25) is 5.75 Å². The number of methoxy groups -OCH3 is 3. The molecule has 1 aromatic carbocycles. The number of hydrogen-bond donors (Lipinski definition) is 1. The lowest BCUT2D eigenvalue weighted by Crippen LogP contribution is -2.29. The van der Waals surface area contributed by atoms with E-state index in [2.05, 4.69) is 5.32 Å². The fraction of sp³-hybridized carbons (Fsp3) is 0.625. The molecule has 0 saturated carbocycles. The van der Waals surface area contributed by atoms with E-state index in [-0.39, 0.29) is 4.75 Å². The fourth-order valence-electron chi connectivity index (χ4n) is 1.94. The molecule has 126 valence electrons. The summed E-state index contributed by atoms with van der Waals surface area (Å²) in [6, 6.07) is 3.82. The summed E-state index contributed by atoms with van der Waals surface area (Å²) in [6.07, 6.45) is 0. The van der Waals surface area contributed by atoms with Crippen molar-refractivity contribution in [2.75, 3.05) is 33.6 Å². The van der Waals surface area contributed by atoms with Crippen LogP contribution >= 0.6 is 0 Å². The van der Waals surface area contributed by atoms with E-state index in [1.165, 1.54) is 0 Å². The molecule has 1 N–H and O–H groups in total. The molecule has 1 rings (SSSR count). The first-order chi connectivity index (χ1) is 10.3. The van der Waals surface area contributed by atoms with Crippen LogP contribution in [0.2, 0.25) is 0 Å². The van der Waals surface area contributed by atoms with E-state index in [0.717, 1.165) is 5.56 Å². The first-order valence-electron chi connectivity index (χ1n) is 7.21. The molecule has 0 aliphatic carbocycles. The highest BCUT2D eigenvalue weighted by atomic mass is 32.2. The highest BCUT2D eigenvalue weighted by molar-refractivity contribution is 7.86. The van der Waals surface area contributed by atoms with Crippen LogP contribution in [0.3, 0.4) is 0 Å². The van der Waals surface area contributed by atoms with Gasteiger partial charge in [-0.25, -0.2) is 0 Å². The average molecular weight is 329 g/mol. The summed E-state index contributed by atoms with van der Waals surface area (Å²) in [6.45, 7) is 7.31. The quantitative estimate of drug-likeness (QED) is 0.742. The molecule has 0 radical (unpaired) electrons. The molecule has 0 aliphatic heterocycles. The lowest BCUT2D eigenvalue weighted by Gasteiger charge is -2.18. The number of hydrogen-bond acceptors (Lipinski definition) is 5. The van der Waals surface area contributed by atoms with E-state index in [1.807, 2.05) is 32.9 Å². The van der Waals surface area contributed by atoms with Crippen molar-refractivity contribution in [3.63, 3.8) is 0 Å². The van der Waals surface area contributed by atoms with E-state index in [9.17, 15) is 4.21 Å². The lowest BCUT2D eigenvalue weighted by molar-refractivity contribution is 0.323. The predicted octanol–water partition coefficient (Wildman–Crippen LogP) is 2.35. The van der Waals surface area contributed by atoms with Gasteiger partial charge in [0.05, 0.1) is 21.3 Å². The summed E-state index contributed by atoms with van der Waals surface area (Å²) in [5, 5.41) is 3.30. The van der Waals surface area contributed by atoms with Gasteiger partial charge in [0.25, 0.3) is 0 Å². The first-order valence-corrected chi connectivity index (χ1v) is 8.53. The minimum Gasteiger partial charge on any atom is -0.493 e. The van der Waals surface area contributed by atoms with Crippen molar-refractivity contribution >= 4 is 10.8 Å². The Morgan fingerprint density at radius 3 is 2.00 bits per heavy atom. The zero-order chi connectivity index (χ0) is 16.8. The monoisotopic (exact) mass is 329 g/mol. The standard InChI is InChI=1S/C16H27NO4S/c1-16(2,3)22(18)8-7-17-11-12-9-13(19-4)15(21-6)14(10-12)20-5/h9-10,17H,7-8,11H2,1-6H3/t22-/m0/s1. The normalized spacial score (nSPS) is 12.8. The van der Waals surface area contributed by atoms with Gasteiger partial charge in [0.15, 0.2) is 11.5 Å². The number of rotatable bonds is 8. The van der Waals surface area contributed by atoms with Gasteiger partial charge in [-0.1, -0.05) is 0 Å². The molecule has 0 bridgehead atoms. The Bertz CT molecular complexity index is 486. The topological polar surface area (TPSA) is 56.8 Å². The Morgan fingerprint density at radius 1 is 1.05 bits per heavy atom. The van der Waals surface area contributed by atoms with Crippen LogP contribution in [0.4, 0.5) is 0 Å². The molecule has 5 nitrogen and oxygen atoms in total. The molecule has 0 spiro atoms. The maximum Gasteiger partial charge on any atom is 0.203 e. The molecule has 0 heterocycles. The van der Waals surface area contributed by atoms with Crippen molar-refractivity contribution in [1.29, 1.82) is 0 Å². The van der Waals surface area contributed by atoms with Crippen LogP contribution < -0.4 is 19.5 Å². The minimum absolute atomic E-state index is 0.172. The van der Waals surface area contributed by atoms with E-state index < -0.39 is 10.8 Å². The maximum absolute atomic E-state index is 12.0. The Labute approximate surface area is 135 Å². The van der Waals surface area contributed by atoms with E-state index in [4.69, 9.17) is 14.2 Å². The SMILES string of the molecule is COc1cc(CNCC[S@](=O)C(C)(C)C)cc(OC)c1OC. The molecule has 0 unspecified atom stereocenters. The second-order valence-corrected chi connectivity index (χ2v) is 8.20. The summed E-state index contributed by atoms with van der Waals surface area (Å²) in [4.78, 5) is 0. The van der Waals surface area contributed by atoms with Gasteiger partial charge in [0, 0.05) is 34.4 Å². The lowest BCUT2D eigenvalue weighted by atomic mass is 10.2. The smallest absolute Gasteiger partial charge is 0.203 e. The van der Waals surface area contributed by atoms with Crippen LogP contribution in [0.5, 0.6) is 17.2 Å². The van der Waals surface area contributed by atoms with Crippen LogP contribution in [0.1, 0.15) is 26.3 Å². The van der Waals surface area contributed by atoms with Crippen molar-refractivity contribution in [3.8, 4) is 17.2 Å².